The molecule has 62 valence electrons. The summed E-state index contributed by atoms with van der Waals surface area (Å²) in [5.41, 5.74) is 0. The van der Waals surface area contributed by atoms with Crippen LogP contribution in [0.5, 0.6) is 0 Å². The highest BCUT2D eigenvalue weighted by Crippen LogP contribution is 2.28. The quantitative estimate of drug-likeness (QED) is 0.461. The van der Waals surface area contributed by atoms with E-state index < -0.39 is 0 Å². The van der Waals surface area contributed by atoms with Gasteiger partial charge in [0.1, 0.15) is 0 Å². The Balaban J connectivity index is 2.01. The molecular weight excluding hydrogens is 152 g/mol. The minimum Gasteiger partial charge on any atom is -0.158 e. The van der Waals surface area contributed by atoms with Crippen molar-refractivity contribution in [2.75, 3.05) is 5.75 Å². The molecule has 1 rings (SSSR count). The van der Waals surface area contributed by atoms with E-state index in [0.717, 1.165) is 11.7 Å². The normalized spacial score (nSPS) is 19.5. The number of terminal acetylenes is 1. The SMILES string of the molecule is C#CCCSC1CCCCC1. The molecule has 1 aliphatic carbocycles. The van der Waals surface area contributed by atoms with Crippen molar-refractivity contribution < 1.29 is 0 Å². The van der Waals surface area contributed by atoms with Gasteiger partial charge >= 0.3 is 0 Å². The smallest absolute Gasteiger partial charge is 0.0177 e. The lowest BCUT2D eigenvalue weighted by Gasteiger charge is -2.20. The molecule has 0 aromatic heterocycles. The number of hydrogen-bond donors (Lipinski definition) is 0. The summed E-state index contributed by atoms with van der Waals surface area (Å²) in [5, 5.41) is 0.928. The van der Waals surface area contributed by atoms with Crippen molar-refractivity contribution in [3.05, 3.63) is 0 Å². The van der Waals surface area contributed by atoms with Crippen molar-refractivity contribution in [1.29, 1.82) is 0 Å². The van der Waals surface area contributed by atoms with E-state index in [1.54, 1.807) is 0 Å². The first-order valence-corrected chi connectivity index (χ1v) is 5.53. The zero-order valence-electron chi connectivity index (χ0n) is 7.01. The largest absolute Gasteiger partial charge is 0.158 e. The van der Waals surface area contributed by atoms with Crippen LogP contribution in [0.1, 0.15) is 38.5 Å². The van der Waals surface area contributed by atoms with Gasteiger partial charge in [0, 0.05) is 17.4 Å². The van der Waals surface area contributed by atoms with E-state index in [0.29, 0.717) is 0 Å². The Bertz CT molecular complexity index is 128. The highest BCUT2D eigenvalue weighted by Gasteiger charge is 2.12. The monoisotopic (exact) mass is 168 g/mol. The van der Waals surface area contributed by atoms with Crippen LogP contribution in [0, 0.1) is 12.3 Å². The van der Waals surface area contributed by atoms with Gasteiger partial charge in [0.2, 0.25) is 0 Å². The van der Waals surface area contributed by atoms with E-state index in [-0.39, 0.29) is 0 Å². The van der Waals surface area contributed by atoms with E-state index in [9.17, 15) is 0 Å². The molecule has 0 radical (unpaired) electrons. The summed E-state index contributed by atoms with van der Waals surface area (Å²) in [7, 11) is 0. The molecule has 0 bridgehead atoms. The van der Waals surface area contributed by atoms with Gasteiger partial charge in [-0.1, -0.05) is 19.3 Å². The third kappa shape index (κ3) is 3.72. The molecule has 0 spiro atoms. The van der Waals surface area contributed by atoms with Gasteiger partial charge < -0.3 is 0 Å². The van der Waals surface area contributed by atoms with Crippen LogP contribution in [-0.4, -0.2) is 11.0 Å². The van der Waals surface area contributed by atoms with Crippen LogP contribution < -0.4 is 0 Å². The molecule has 0 nitrogen and oxygen atoms in total. The predicted octanol–water partition coefficient (Wildman–Crippen LogP) is 3.08. The molecule has 0 unspecified atom stereocenters. The van der Waals surface area contributed by atoms with E-state index in [4.69, 9.17) is 6.42 Å². The summed E-state index contributed by atoms with van der Waals surface area (Å²) < 4.78 is 0. The van der Waals surface area contributed by atoms with Crippen LogP contribution in [0.2, 0.25) is 0 Å². The third-order valence-corrected chi connectivity index (χ3v) is 3.53. The fourth-order valence-electron chi connectivity index (χ4n) is 1.52. The Morgan fingerprint density at radius 2 is 2.00 bits per heavy atom. The highest BCUT2D eigenvalue weighted by molar-refractivity contribution is 7.99. The van der Waals surface area contributed by atoms with Gasteiger partial charge in [0.15, 0.2) is 0 Å². The summed E-state index contributed by atoms with van der Waals surface area (Å²) in [6.45, 7) is 0. The van der Waals surface area contributed by atoms with Gasteiger partial charge in [-0.05, 0) is 12.8 Å². The van der Waals surface area contributed by atoms with Crippen LogP contribution in [0.4, 0.5) is 0 Å². The van der Waals surface area contributed by atoms with Crippen LogP contribution in [0.3, 0.4) is 0 Å². The first-order valence-electron chi connectivity index (χ1n) is 4.48. The van der Waals surface area contributed by atoms with Gasteiger partial charge in [-0.3, -0.25) is 0 Å². The van der Waals surface area contributed by atoms with Crippen molar-refractivity contribution in [3.63, 3.8) is 0 Å². The average molecular weight is 168 g/mol. The van der Waals surface area contributed by atoms with Crippen LogP contribution >= 0.6 is 11.8 Å². The Morgan fingerprint density at radius 3 is 2.64 bits per heavy atom. The van der Waals surface area contributed by atoms with E-state index in [2.05, 4.69) is 17.7 Å². The first-order chi connectivity index (χ1) is 5.43. The lowest BCUT2D eigenvalue weighted by Crippen LogP contribution is -2.08. The summed E-state index contributed by atoms with van der Waals surface area (Å²) in [6.07, 6.45) is 13.3. The van der Waals surface area contributed by atoms with Crippen molar-refractivity contribution in [3.8, 4) is 12.3 Å². The number of thioether (sulfide) groups is 1. The van der Waals surface area contributed by atoms with E-state index >= 15 is 0 Å². The predicted molar refractivity (Wildman–Crippen MR) is 52.8 cm³/mol. The van der Waals surface area contributed by atoms with Crippen LogP contribution in [0.15, 0.2) is 0 Å². The molecule has 1 heteroatoms. The zero-order chi connectivity index (χ0) is 7.94. The minimum atomic E-state index is 0.928. The Morgan fingerprint density at radius 1 is 1.27 bits per heavy atom. The molecule has 0 aromatic rings. The lowest BCUT2D eigenvalue weighted by molar-refractivity contribution is 0.516. The fourth-order valence-corrected chi connectivity index (χ4v) is 2.75. The second kappa shape index (κ2) is 5.55. The van der Waals surface area contributed by atoms with Gasteiger partial charge in [-0.25, -0.2) is 0 Å². The Kier molecular flexibility index (Phi) is 4.54. The highest BCUT2D eigenvalue weighted by atomic mass is 32.2. The maximum absolute atomic E-state index is 5.18. The van der Waals surface area contributed by atoms with E-state index in [1.165, 1.54) is 37.9 Å². The molecule has 0 N–H and O–H groups in total. The van der Waals surface area contributed by atoms with Crippen LogP contribution in [-0.2, 0) is 0 Å². The molecular formula is C10H16S. The molecule has 1 saturated carbocycles. The second-order valence-electron chi connectivity index (χ2n) is 3.08. The molecule has 0 saturated heterocycles. The first kappa shape index (κ1) is 9.00. The molecule has 0 aliphatic heterocycles. The molecule has 1 aliphatic rings. The molecule has 1 fully saturated rings. The standard InChI is InChI=1S/C10H16S/c1-2-3-9-11-10-7-5-4-6-8-10/h1,10H,3-9H2. The van der Waals surface area contributed by atoms with Crippen LogP contribution in [0.25, 0.3) is 0 Å². The maximum atomic E-state index is 5.18. The molecule has 0 aromatic carbocycles. The van der Waals surface area contributed by atoms with Crippen molar-refractivity contribution in [2.45, 2.75) is 43.8 Å². The average Bonchev–Trinajstić information content (AvgIpc) is 2.07. The Labute approximate surface area is 74.1 Å². The Hall–Kier alpha value is -0.0900. The second-order valence-corrected chi connectivity index (χ2v) is 4.49. The lowest BCUT2D eigenvalue weighted by atomic mass is 10.0. The van der Waals surface area contributed by atoms with Crippen molar-refractivity contribution >= 4 is 11.8 Å². The number of hydrogen-bond acceptors (Lipinski definition) is 1. The molecule has 0 amide bonds. The minimum absolute atomic E-state index is 0.928. The summed E-state index contributed by atoms with van der Waals surface area (Å²) in [4.78, 5) is 0. The number of rotatable bonds is 3. The maximum Gasteiger partial charge on any atom is 0.0177 e. The molecule has 0 heterocycles. The zero-order valence-corrected chi connectivity index (χ0v) is 7.83. The van der Waals surface area contributed by atoms with E-state index in [1.807, 2.05) is 0 Å². The molecule has 0 atom stereocenters. The third-order valence-electron chi connectivity index (χ3n) is 2.15. The van der Waals surface area contributed by atoms with Gasteiger partial charge in [-0.15, -0.1) is 12.3 Å². The summed E-state index contributed by atoms with van der Waals surface area (Å²) in [6, 6.07) is 0. The van der Waals surface area contributed by atoms with Gasteiger partial charge in [0.25, 0.3) is 0 Å². The topological polar surface area (TPSA) is 0 Å². The van der Waals surface area contributed by atoms with Crippen molar-refractivity contribution in [1.82, 2.24) is 0 Å². The fraction of sp³-hybridized carbons (Fsp3) is 0.800. The van der Waals surface area contributed by atoms with Gasteiger partial charge in [0.05, 0.1) is 0 Å². The van der Waals surface area contributed by atoms with Gasteiger partial charge in [-0.2, -0.15) is 11.8 Å². The summed E-state index contributed by atoms with van der Waals surface area (Å²) in [5.74, 6) is 3.85. The summed E-state index contributed by atoms with van der Waals surface area (Å²) >= 11 is 2.08. The van der Waals surface area contributed by atoms with Crippen molar-refractivity contribution in [2.24, 2.45) is 0 Å². The molecule has 11 heavy (non-hydrogen) atoms.